The number of aromatic nitrogens is 5. The van der Waals surface area contributed by atoms with Crippen molar-refractivity contribution in [3.63, 3.8) is 0 Å². The predicted molar refractivity (Wildman–Crippen MR) is 118 cm³/mol. The van der Waals surface area contributed by atoms with E-state index in [1.807, 2.05) is 16.6 Å². The molecule has 4 aromatic rings. The Labute approximate surface area is 183 Å². The number of nitrogens with zero attached hydrogens (tertiary/aromatic N) is 7. The number of anilines is 1. The normalized spacial score (nSPS) is 17.5. The van der Waals surface area contributed by atoms with Gasteiger partial charge in [0.25, 0.3) is 0 Å². The molecule has 1 aliphatic carbocycles. The lowest BCUT2D eigenvalue weighted by Crippen LogP contribution is -2.46. The fourth-order valence-electron chi connectivity index (χ4n) is 4.03. The van der Waals surface area contributed by atoms with Crippen LogP contribution in [0.3, 0.4) is 0 Å². The first-order chi connectivity index (χ1) is 15.2. The van der Waals surface area contributed by atoms with E-state index in [9.17, 15) is 4.39 Å². The highest BCUT2D eigenvalue weighted by Gasteiger charge is 2.29. The summed E-state index contributed by atoms with van der Waals surface area (Å²) in [5.41, 5.74) is 2.85. The Kier molecular flexibility index (Phi) is 4.65. The molecule has 0 bridgehead atoms. The molecule has 1 aromatic carbocycles. The number of fused-ring (bicyclic) bond motifs is 1. The molecule has 1 saturated carbocycles. The minimum Gasteiger partial charge on any atom is -0.353 e. The number of hydrogen-bond acceptors (Lipinski definition) is 7. The third-order valence-corrected chi connectivity index (χ3v) is 6.88. The number of thiazole rings is 1. The summed E-state index contributed by atoms with van der Waals surface area (Å²) < 4.78 is 15.1. The first kappa shape index (κ1) is 18.8. The van der Waals surface area contributed by atoms with Gasteiger partial charge < -0.3 is 4.90 Å². The summed E-state index contributed by atoms with van der Waals surface area (Å²) in [6.07, 6.45) is 2.37. The Morgan fingerprint density at radius 3 is 2.55 bits per heavy atom. The van der Waals surface area contributed by atoms with E-state index in [0.717, 1.165) is 66.3 Å². The van der Waals surface area contributed by atoms with Gasteiger partial charge in [0.1, 0.15) is 16.6 Å². The van der Waals surface area contributed by atoms with Crippen molar-refractivity contribution in [2.45, 2.75) is 25.3 Å². The van der Waals surface area contributed by atoms with E-state index in [-0.39, 0.29) is 5.82 Å². The average Bonchev–Trinajstić information content (AvgIpc) is 3.38. The number of rotatable bonds is 5. The molecule has 4 heterocycles. The highest BCUT2D eigenvalue weighted by atomic mass is 32.1. The van der Waals surface area contributed by atoms with Crippen LogP contribution in [0.15, 0.2) is 41.8 Å². The maximum Gasteiger partial charge on any atom is 0.178 e. The van der Waals surface area contributed by atoms with E-state index < -0.39 is 0 Å². The molecule has 2 aliphatic rings. The molecule has 0 unspecified atom stereocenters. The maximum absolute atomic E-state index is 13.1. The van der Waals surface area contributed by atoms with Crippen molar-refractivity contribution < 1.29 is 4.39 Å². The van der Waals surface area contributed by atoms with Gasteiger partial charge in [-0.2, -0.15) is 4.52 Å². The van der Waals surface area contributed by atoms with Crippen molar-refractivity contribution in [1.82, 2.24) is 29.7 Å². The van der Waals surface area contributed by atoms with Crippen molar-refractivity contribution >= 4 is 22.8 Å². The maximum atomic E-state index is 13.1. The predicted octanol–water partition coefficient (Wildman–Crippen LogP) is 3.59. The average molecular weight is 436 g/mol. The minimum atomic E-state index is -0.222. The van der Waals surface area contributed by atoms with Crippen LogP contribution in [0, 0.1) is 5.82 Å². The first-order valence-corrected chi connectivity index (χ1v) is 11.5. The summed E-state index contributed by atoms with van der Waals surface area (Å²) in [6, 6.07) is 10.6. The van der Waals surface area contributed by atoms with Gasteiger partial charge in [-0.3, -0.25) is 4.90 Å². The molecular formula is C22H22FN7S. The van der Waals surface area contributed by atoms with Crippen molar-refractivity contribution in [3.05, 3.63) is 59.1 Å². The Balaban J connectivity index is 1.10. The van der Waals surface area contributed by atoms with Gasteiger partial charge in [0.15, 0.2) is 11.5 Å². The van der Waals surface area contributed by atoms with Crippen LogP contribution in [0.4, 0.5) is 10.2 Å². The number of piperazine rings is 1. The molecule has 1 saturated heterocycles. The van der Waals surface area contributed by atoms with Crippen molar-refractivity contribution in [3.8, 4) is 10.6 Å². The molecule has 0 amide bonds. The van der Waals surface area contributed by atoms with Crippen molar-refractivity contribution in [2.75, 3.05) is 31.1 Å². The second-order valence-electron chi connectivity index (χ2n) is 8.21. The highest BCUT2D eigenvalue weighted by Crippen LogP contribution is 2.38. The van der Waals surface area contributed by atoms with Gasteiger partial charge in [-0.25, -0.2) is 9.37 Å². The van der Waals surface area contributed by atoms with E-state index in [0.29, 0.717) is 5.92 Å². The molecular weight excluding hydrogens is 413 g/mol. The zero-order valence-corrected chi connectivity index (χ0v) is 17.8. The number of hydrogen-bond donors (Lipinski definition) is 0. The number of halogens is 1. The Bertz CT molecular complexity index is 1210. The van der Waals surface area contributed by atoms with Crippen LogP contribution in [-0.4, -0.2) is 55.9 Å². The van der Waals surface area contributed by atoms with Gasteiger partial charge in [-0.1, -0.05) is 0 Å². The van der Waals surface area contributed by atoms with Gasteiger partial charge in [-0.05, 0) is 49.2 Å². The topological polar surface area (TPSA) is 62.5 Å². The molecule has 2 fully saturated rings. The molecule has 0 atom stereocenters. The quantitative estimate of drug-likeness (QED) is 0.478. The Morgan fingerprint density at radius 1 is 0.968 bits per heavy atom. The third-order valence-electron chi connectivity index (χ3n) is 5.94. The summed E-state index contributed by atoms with van der Waals surface area (Å²) in [7, 11) is 0. The smallest absolute Gasteiger partial charge is 0.178 e. The van der Waals surface area contributed by atoms with Gasteiger partial charge in [0.05, 0.1) is 5.69 Å². The van der Waals surface area contributed by atoms with E-state index in [1.54, 1.807) is 23.5 Å². The summed E-state index contributed by atoms with van der Waals surface area (Å²) in [6.45, 7) is 4.60. The van der Waals surface area contributed by atoms with E-state index in [1.165, 1.54) is 25.0 Å². The summed E-state index contributed by atoms with van der Waals surface area (Å²) in [4.78, 5) is 9.51. The molecule has 158 valence electrons. The molecule has 1 aliphatic heterocycles. The highest BCUT2D eigenvalue weighted by molar-refractivity contribution is 7.13. The van der Waals surface area contributed by atoms with Crippen molar-refractivity contribution in [2.24, 2.45) is 0 Å². The zero-order valence-electron chi connectivity index (χ0n) is 17.0. The molecule has 6 rings (SSSR count). The molecule has 3 aromatic heterocycles. The molecule has 7 nitrogen and oxygen atoms in total. The van der Waals surface area contributed by atoms with Gasteiger partial charge >= 0.3 is 0 Å². The largest absolute Gasteiger partial charge is 0.353 e. The standard InChI is InChI=1S/C22H22FN7S/c23-17-5-3-16(4-6-17)22-24-18(14-31-22)13-28-9-11-29(12-10-28)20-8-7-19-25-26-21(15-1-2-15)30(19)27-20/h3-8,14-15H,1-2,9-13H2. The molecule has 0 N–H and O–H groups in total. The van der Waals surface area contributed by atoms with Crippen LogP contribution >= 0.6 is 11.3 Å². The Morgan fingerprint density at radius 2 is 1.77 bits per heavy atom. The van der Waals surface area contributed by atoms with Crippen molar-refractivity contribution in [1.29, 1.82) is 0 Å². The van der Waals surface area contributed by atoms with E-state index in [4.69, 9.17) is 10.1 Å². The molecule has 31 heavy (non-hydrogen) atoms. The Hall–Kier alpha value is -2.91. The van der Waals surface area contributed by atoms with E-state index >= 15 is 0 Å². The summed E-state index contributed by atoms with van der Waals surface area (Å²) in [5.74, 6) is 2.28. The summed E-state index contributed by atoms with van der Waals surface area (Å²) >= 11 is 1.61. The van der Waals surface area contributed by atoms with Gasteiger partial charge in [0.2, 0.25) is 0 Å². The second-order valence-corrected chi connectivity index (χ2v) is 9.07. The fraction of sp³-hybridized carbons (Fsp3) is 0.364. The molecule has 0 radical (unpaired) electrons. The van der Waals surface area contributed by atoms with Gasteiger partial charge in [-0.15, -0.1) is 26.6 Å². The fourth-order valence-corrected chi connectivity index (χ4v) is 4.85. The zero-order chi connectivity index (χ0) is 20.8. The van der Waals surface area contributed by atoms with Crippen LogP contribution in [0.1, 0.15) is 30.3 Å². The lowest BCUT2D eigenvalue weighted by atomic mass is 10.2. The molecule has 0 spiro atoms. The third kappa shape index (κ3) is 3.79. The van der Waals surface area contributed by atoms with Crippen LogP contribution < -0.4 is 4.90 Å². The van der Waals surface area contributed by atoms with Crippen LogP contribution in [-0.2, 0) is 6.54 Å². The first-order valence-electron chi connectivity index (χ1n) is 10.6. The second kappa shape index (κ2) is 7.65. The van der Waals surface area contributed by atoms with Crippen LogP contribution in [0.5, 0.6) is 0 Å². The van der Waals surface area contributed by atoms with Crippen LogP contribution in [0.2, 0.25) is 0 Å². The summed E-state index contributed by atoms with van der Waals surface area (Å²) in [5, 5.41) is 16.5. The SMILES string of the molecule is Fc1ccc(-c2nc(CN3CCN(c4ccc5nnc(C6CC6)n5n4)CC3)cs2)cc1. The number of benzene rings is 1. The lowest BCUT2D eigenvalue weighted by Gasteiger charge is -2.34. The van der Waals surface area contributed by atoms with Crippen LogP contribution in [0.25, 0.3) is 16.2 Å². The minimum absolute atomic E-state index is 0.222. The molecule has 9 heteroatoms. The van der Waals surface area contributed by atoms with Gasteiger partial charge in [0, 0.05) is 49.6 Å². The lowest BCUT2D eigenvalue weighted by molar-refractivity contribution is 0.247. The van der Waals surface area contributed by atoms with E-state index in [2.05, 4.69) is 25.4 Å². The monoisotopic (exact) mass is 435 g/mol.